The summed E-state index contributed by atoms with van der Waals surface area (Å²) in [7, 11) is 0. The summed E-state index contributed by atoms with van der Waals surface area (Å²) in [4.78, 5) is 25.1. The lowest BCUT2D eigenvalue weighted by Gasteiger charge is -2.18. The quantitative estimate of drug-likeness (QED) is 0.699. The topological polar surface area (TPSA) is 67.9 Å². The number of carbonyl (C=O) groups is 2. The molecule has 26 heavy (non-hydrogen) atoms. The Labute approximate surface area is 153 Å². The highest BCUT2D eigenvalue weighted by atomic mass is 16.6. The first kappa shape index (κ1) is 19.3. The largest absolute Gasteiger partial charge is 0.482 e. The molecule has 0 aliphatic heterocycles. The molecule has 6 nitrogen and oxygen atoms in total. The Morgan fingerprint density at radius 1 is 0.885 bits per heavy atom. The number of nitrogens with one attached hydrogen (secondary N) is 1. The Morgan fingerprint density at radius 3 is 2.12 bits per heavy atom. The number of amides is 1. The molecule has 0 bridgehead atoms. The second kappa shape index (κ2) is 10.1. The van der Waals surface area contributed by atoms with Gasteiger partial charge < -0.3 is 19.7 Å². The van der Waals surface area contributed by atoms with Crippen LogP contribution in [0.1, 0.15) is 13.8 Å². The standard InChI is InChI=1S/C20H24N2O4/c1-3-22(4-2)19(23)14-26-20(24)15-25-18-12-10-17(11-13-18)21-16-8-6-5-7-9-16/h5-13,21H,3-4,14-15H2,1-2H3. The van der Waals surface area contributed by atoms with Gasteiger partial charge in [0.2, 0.25) is 0 Å². The molecular formula is C20H24N2O4. The maximum Gasteiger partial charge on any atom is 0.344 e. The van der Waals surface area contributed by atoms with Crippen LogP contribution in [0, 0.1) is 0 Å². The van der Waals surface area contributed by atoms with Crippen molar-refractivity contribution in [1.29, 1.82) is 0 Å². The third-order valence-electron chi connectivity index (χ3n) is 3.75. The Kier molecular flexibility index (Phi) is 7.49. The van der Waals surface area contributed by atoms with E-state index in [9.17, 15) is 9.59 Å². The minimum atomic E-state index is -0.572. The Morgan fingerprint density at radius 2 is 1.50 bits per heavy atom. The van der Waals surface area contributed by atoms with E-state index in [1.54, 1.807) is 17.0 Å². The number of benzene rings is 2. The Bertz CT molecular complexity index is 698. The van der Waals surface area contributed by atoms with Crippen molar-refractivity contribution in [3.05, 3.63) is 54.6 Å². The molecule has 0 spiro atoms. The molecule has 0 saturated heterocycles. The number of likely N-dealkylation sites (N-methyl/N-ethyl adjacent to an activating group) is 1. The third kappa shape index (κ3) is 6.12. The summed E-state index contributed by atoms with van der Waals surface area (Å²) in [5.41, 5.74) is 1.90. The van der Waals surface area contributed by atoms with E-state index >= 15 is 0 Å². The minimum absolute atomic E-state index is 0.209. The van der Waals surface area contributed by atoms with E-state index in [4.69, 9.17) is 9.47 Å². The maximum absolute atomic E-state index is 11.8. The van der Waals surface area contributed by atoms with Gasteiger partial charge in [0, 0.05) is 24.5 Å². The fourth-order valence-electron chi connectivity index (χ4n) is 2.32. The second-order valence-corrected chi connectivity index (χ2v) is 5.53. The van der Waals surface area contributed by atoms with Crippen LogP contribution < -0.4 is 10.1 Å². The third-order valence-corrected chi connectivity index (χ3v) is 3.75. The summed E-state index contributed by atoms with van der Waals surface area (Å²) < 4.78 is 10.3. The lowest BCUT2D eigenvalue weighted by atomic mass is 10.2. The van der Waals surface area contributed by atoms with Crippen LogP contribution in [0.15, 0.2) is 54.6 Å². The molecule has 1 N–H and O–H groups in total. The summed E-state index contributed by atoms with van der Waals surface area (Å²) in [5.74, 6) is -0.229. The highest BCUT2D eigenvalue weighted by molar-refractivity contribution is 5.81. The van der Waals surface area contributed by atoms with Gasteiger partial charge in [-0.1, -0.05) is 18.2 Å². The van der Waals surface area contributed by atoms with E-state index in [1.165, 1.54) is 0 Å². The van der Waals surface area contributed by atoms with E-state index in [0.717, 1.165) is 11.4 Å². The van der Waals surface area contributed by atoms with Gasteiger partial charge in [-0.15, -0.1) is 0 Å². The summed E-state index contributed by atoms with van der Waals surface area (Å²) in [6.45, 7) is 4.44. The van der Waals surface area contributed by atoms with Crippen LogP contribution in [0.4, 0.5) is 11.4 Å². The molecule has 0 aliphatic rings. The minimum Gasteiger partial charge on any atom is -0.482 e. The zero-order valence-corrected chi connectivity index (χ0v) is 15.1. The van der Waals surface area contributed by atoms with Gasteiger partial charge in [-0.3, -0.25) is 4.79 Å². The van der Waals surface area contributed by atoms with Crippen LogP contribution in [-0.4, -0.2) is 43.1 Å². The summed E-state index contributed by atoms with van der Waals surface area (Å²) in [5, 5.41) is 3.26. The van der Waals surface area contributed by atoms with Crippen molar-refractivity contribution in [3.63, 3.8) is 0 Å². The molecule has 0 fully saturated rings. The van der Waals surface area contributed by atoms with Crippen molar-refractivity contribution in [3.8, 4) is 5.75 Å². The number of esters is 1. The van der Waals surface area contributed by atoms with Crippen molar-refractivity contribution in [2.75, 3.05) is 31.6 Å². The van der Waals surface area contributed by atoms with Gasteiger partial charge in [0.1, 0.15) is 5.75 Å². The van der Waals surface area contributed by atoms with E-state index < -0.39 is 5.97 Å². The molecule has 0 heterocycles. The molecule has 0 unspecified atom stereocenters. The molecule has 2 aromatic carbocycles. The molecule has 0 aromatic heterocycles. The number of para-hydroxylation sites is 1. The highest BCUT2D eigenvalue weighted by Crippen LogP contribution is 2.19. The number of hydrogen-bond acceptors (Lipinski definition) is 5. The maximum atomic E-state index is 11.8. The Balaban J connectivity index is 1.75. The van der Waals surface area contributed by atoms with Gasteiger partial charge in [0.15, 0.2) is 13.2 Å². The van der Waals surface area contributed by atoms with Gasteiger partial charge >= 0.3 is 5.97 Å². The van der Waals surface area contributed by atoms with Crippen LogP contribution in [0.2, 0.25) is 0 Å². The SMILES string of the molecule is CCN(CC)C(=O)COC(=O)COc1ccc(Nc2ccccc2)cc1. The number of nitrogens with zero attached hydrogens (tertiary/aromatic N) is 1. The number of carbonyl (C=O) groups excluding carboxylic acids is 2. The number of hydrogen-bond donors (Lipinski definition) is 1. The van der Waals surface area contributed by atoms with Crippen molar-refractivity contribution < 1.29 is 19.1 Å². The number of ether oxygens (including phenoxy) is 2. The smallest absolute Gasteiger partial charge is 0.344 e. The fraction of sp³-hybridized carbons (Fsp3) is 0.300. The second-order valence-electron chi connectivity index (χ2n) is 5.53. The van der Waals surface area contributed by atoms with Crippen LogP contribution in [-0.2, 0) is 14.3 Å². The molecule has 2 aromatic rings. The lowest BCUT2D eigenvalue weighted by molar-refractivity contribution is -0.153. The summed E-state index contributed by atoms with van der Waals surface area (Å²) in [6.07, 6.45) is 0. The van der Waals surface area contributed by atoms with Crippen LogP contribution in [0.3, 0.4) is 0 Å². The zero-order chi connectivity index (χ0) is 18.8. The number of rotatable bonds is 9. The van der Waals surface area contributed by atoms with E-state index in [0.29, 0.717) is 18.8 Å². The average Bonchev–Trinajstić information content (AvgIpc) is 2.67. The van der Waals surface area contributed by atoms with Gasteiger partial charge in [0.05, 0.1) is 0 Å². The van der Waals surface area contributed by atoms with Crippen molar-refractivity contribution in [2.24, 2.45) is 0 Å². The molecule has 6 heteroatoms. The molecule has 0 radical (unpaired) electrons. The van der Waals surface area contributed by atoms with Crippen molar-refractivity contribution in [2.45, 2.75) is 13.8 Å². The molecule has 1 amide bonds. The Hall–Kier alpha value is -3.02. The molecule has 138 valence electrons. The summed E-state index contributed by atoms with van der Waals surface area (Å²) >= 11 is 0. The van der Waals surface area contributed by atoms with Gasteiger partial charge in [-0.25, -0.2) is 4.79 Å². The average molecular weight is 356 g/mol. The highest BCUT2D eigenvalue weighted by Gasteiger charge is 2.13. The monoisotopic (exact) mass is 356 g/mol. The van der Waals surface area contributed by atoms with Crippen LogP contribution >= 0.6 is 0 Å². The normalized spacial score (nSPS) is 10.1. The predicted molar refractivity (Wildman–Crippen MR) is 101 cm³/mol. The lowest BCUT2D eigenvalue weighted by Crippen LogP contribution is -2.34. The molecule has 0 atom stereocenters. The molecular weight excluding hydrogens is 332 g/mol. The van der Waals surface area contributed by atoms with Gasteiger partial charge in [0.25, 0.3) is 5.91 Å². The van der Waals surface area contributed by atoms with E-state index in [-0.39, 0.29) is 19.1 Å². The van der Waals surface area contributed by atoms with Crippen molar-refractivity contribution in [1.82, 2.24) is 4.90 Å². The number of anilines is 2. The molecule has 2 rings (SSSR count). The predicted octanol–water partition coefficient (Wildman–Crippen LogP) is 3.22. The van der Waals surface area contributed by atoms with E-state index in [1.807, 2.05) is 56.3 Å². The van der Waals surface area contributed by atoms with Crippen LogP contribution in [0.5, 0.6) is 5.75 Å². The molecule has 0 aliphatic carbocycles. The summed E-state index contributed by atoms with van der Waals surface area (Å²) in [6, 6.07) is 17.1. The van der Waals surface area contributed by atoms with E-state index in [2.05, 4.69) is 5.32 Å². The van der Waals surface area contributed by atoms with Gasteiger partial charge in [-0.2, -0.15) is 0 Å². The first-order chi connectivity index (χ1) is 12.6. The zero-order valence-electron chi connectivity index (χ0n) is 15.1. The fourth-order valence-corrected chi connectivity index (χ4v) is 2.32. The molecule has 0 saturated carbocycles. The van der Waals surface area contributed by atoms with Gasteiger partial charge in [-0.05, 0) is 50.2 Å². The first-order valence-electron chi connectivity index (χ1n) is 8.60. The van der Waals surface area contributed by atoms with Crippen LogP contribution in [0.25, 0.3) is 0 Å². The van der Waals surface area contributed by atoms with Crippen molar-refractivity contribution >= 4 is 23.3 Å². The first-order valence-corrected chi connectivity index (χ1v) is 8.60.